The summed E-state index contributed by atoms with van der Waals surface area (Å²) in [6, 6.07) is 11.7. The summed E-state index contributed by atoms with van der Waals surface area (Å²) in [5.74, 6) is 0.540. The number of rotatable bonds is 6. The van der Waals surface area contributed by atoms with Crippen LogP contribution < -0.4 is 14.8 Å². The molecule has 0 saturated carbocycles. The van der Waals surface area contributed by atoms with Crippen LogP contribution >= 0.6 is 0 Å². The van der Waals surface area contributed by atoms with Gasteiger partial charge in [0.25, 0.3) is 0 Å². The number of pyridine rings is 1. The van der Waals surface area contributed by atoms with E-state index in [2.05, 4.69) is 15.4 Å². The Balaban J connectivity index is 1.74. The lowest BCUT2D eigenvalue weighted by molar-refractivity contribution is -0.612. The summed E-state index contributed by atoms with van der Waals surface area (Å²) in [6.07, 6.45) is 3.96. The van der Waals surface area contributed by atoms with Gasteiger partial charge in [0.15, 0.2) is 11.8 Å². The summed E-state index contributed by atoms with van der Waals surface area (Å²) < 4.78 is 21.7. The number of methoxy groups -OCH3 is 1. The van der Waals surface area contributed by atoms with E-state index < -0.39 is 0 Å². The maximum Gasteiger partial charge on any atom is 0.379 e. The molecule has 0 fully saturated rings. The van der Waals surface area contributed by atoms with E-state index in [-0.39, 0.29) is 11.7 Å². The van der Waals surface area contributed by atoms with Gasteiger partial charge in [-0.1, -0.05) is 19.1 Å². The summed E-state index contributed by atoms with van der Waals surface area (Å²) in [5, 5.41) is 19.6. The van der Waals surface area contributed by atoms with E-state index in [1.165, 1.54) is 19.4 Å². The summed E-state index contributed by atoms with van der Waals surface area (Å²) in [7, 11) is 1.45. The largest absolute Gasteiger partial charge is 0.616 e. The van der Waals surface area contributed by atoms with Gasteiger partial charge in [-0.05, 0) is 24.6 Å². The van der Waals surface area contributed by atoms with Crippen molar-refractivity contribution in [3.05, 3.63) is 77.0 Å². The number of nitrogens with one attached hydrogen (secondary N) is 1. The standard InChI is InChI=1S/C21H20FN5O2/c1-3-15-12-24-27-19(23-11-14-8-9-20(29-2)26(28)13-14)10-18(25-21(15)27)16-6-4-5-7-17(16)22/h4-10,12-13,23H,3,11H2,1-2H3. The highest BCUT2D eigenvalue weighted by Crippen LogP contribution is 2.26. The summed E-state index contributed by atoms with van der Waals surface area (Å²) in [6.45, 7) is 2.40. The van der Waals surface area contributed by atoms with E-state index in [1.807, 2.05) is 6.92 Å². The molecule has 8 heteroatoms. The van der Waals surface area contributed by atoms with Crippen molar-refractivity contribution < 1.29 is 13.9 Å². The molecule has 0 aliphatic carbocycles. The van der Waals surface area contributed by atoms with Crippen molar-refractivity contribution in [1.29, 1.82) is 0 Å². The second-order valence-corrected chi connectivity index (χ2v) is 6.52. The number of benzene rings is 1. The molecule has 0 spiro atoms. The third-order valence-electron chi connectivity index (χ3n) is 4.70. The number of ether oxygens (including phenoxy) is 1. The van der Waals surface area contributed by atoms with Gasteiger partial charge in [0, 0.05) is 29.3 Å². The Bertz CT molecular complexity index is 1180. The molecule has 0 unspecified atom stereocenters. The van der Waals surface area contributed by atoms with Crippen molar-refractivity contribution in [3.8, 4) is 17.1 Å². The van der Waals surface area contributed by atoms with Crippen LogP contribution in [-0.2, 0) is 13.0 Å². The molecule has 0 aliphatic rings. The van der Waals surface area contributed by atoms with E-state index in [4.69, 9.17) is 4.74 Å². The molecular formula is C21H20FN5O2. The number of halogens is 1. The monoisotopic (exact) mass is 393 g/mol. The third-order valence-corrected chi connectivity index (χ3v) is 4.70. The Morgan fingerprint density at radius 3 is 2.79 bits per heavy atom. The highest BCUT2D eigenvalue weighted by molar-refractivity contribution is 5.68. The predicted octanol–water partition coefficient (Wildman–Crippen LogP) is 3.35. The number of anilines is 1. The lowest BCUT2D eigenvalue weighted by atomic mass is 10.1. The smallest absolute Gasteiger partial charge is 0.379 e. The number of hydrogen-bond donors (Lipinski definition) is 1. The fourth-order valence-electron chi connectivity index (χ4n) is 3.15. The molecule has 4 rings (SSSR count). The molecule has 29 heavy (non-hydrogen) atoms. The molecule has 0 aliphatic heterocycles. The Morgan fingerprint density at radius 1 is 1.24 bits per heavy atom. The van der Waals surface area contributed by atoms with E-state index in [0.29, 0.717) is 34.0 Å². The first-order chi connectivity index (χ1) is 14.1. The SMILES string of the molecule is CCc1cnn2c(NCc3ccc(OC)[n+]([O-])c3)cc(-c3ccccc3F)nc12. The molecule has 0 amide bonds. The fourth-order valence-corrected chi connectivity index (χ4v) is 3.15. The minimum absolute atomic E-state index is 0.224. The van der Waals surface area contributed by atoms with Crippen molar-refractivity contribution in [1.82, 2.24) is 14.6 Å². The van der Waals surface area contributed by atoms with Crippen molar-refractivity contribution in [2.75, 3.05) is 12.4 Å². The molecule has 1 N–H and O–H groups in total. The summed E-state index contributed by atoms with van der Waals surface area (Å²) in [5.41, 5.74) is 3.34. The average molecular weight is 393 g/mol. The molecule has 3 heterocycles. The molecule has 7 nitrogen and oxygen atoms in total. The van der Waals surface area contributed by atoms with Crippen LogP contribution in [-0.4, -0.2) is 21.7 Å². The molecular weight excluding hydrogens is 373 g/mol. The fraction of sp³-hybridized carbons (Fsp3) is 0.190. The Morgan fingerprint density at radius 2 is 2.07 bits per heavy atom. The molecule has 3 aromatic heterocycles. The van der Waals surface area contributed by atoms with E-state index in [9.17, 15) is 9.60 Å². The Kier molecular flexibility index (Phi) is 4.99. The second-order valence-electron chi connectivity index (χ2n) is 6.52. The maximum atomic E-state index is 14.3. The maximum absolute atomic E-state index is 14.3. The summed E-state index contributed by atoms with van der Waals surface area (Å²) in [4.78, 5) is 4.64. The molecule has 0 saturated heterocycles. The van der Waals surface area contributed by atoms with Gasteiger partial charge in [-0.15, -0.1) is 4.73 Å². The minimum Gasteiger partial charge on any atom is -0.616 e. The molecule has 4 aromatic rings. The van der Waals surface area contributed by atoms with Gasteiger partial charge in [0.1, 0.15) is 11.6 Å². The van der Waals surface area contributed by atoms with Crippen LogP contribution in [0.2, 0.25) is 0 Å². The van der Waals surface area contributed by atoms with Crippen molar-refractivity contribution in [3.63, 3.8) is 0 Å². The van der Waals surface area contributed by atoms with Gasteiger partial charge in [0.2, 0.25) is 0 Å². The number of fused-ring (bicyclic) bond motifs is 1. The highest BCUT2D eigenvalue weighted by atomic mass is 19.1. The van der Waals surface area contributed by atoms with Gasteiger partial charge in [-0.3, -0.25) is 0 Å². The molecule has 0 atom stereocenters. The molecule has 1 aromatic carbocycles. The van der Waals surface area contributed by atoms with Crippen LogP contribution in [0, 0.1) is 11.0 Å². The zero-order valence-electron chi connectivity index (χ0n) is 16.1. The average Bonchev–Trinajstić information content (AvgIpc) is 3.15. The third kappa shape index (κ3) is 3.56. The lowest BCUT2D eigenvalue weighted by Crippen LogP contribution is -2.28. The lowest BCUT2D eigenvalue weighted by Gasteiger charge is -2.12. The quantitative estimate of drug-likeness (QED) is 0.401. The van der Waals surface area contributed by atoms with Crippen LogP contribution in [0.4, 0.5) is 10.2 Å². The zero-order valence-corrected chi connectivity index (χ0v) is 16.1. The number of hydrogen-bond acceptors (Lipinski definition) is 5. The van der Waals surface area contributed by atoms with E-state index >= 15 is 0 Å². The minimum atomic E-state index is -0.338. The first-order valence-electron chi connectivity index (χ1n) is 9.23. The van der Waals surface area contributed by atoms with Crippen molar-refractivity contribution in [2.24, 2.45) is 0 Å². The van der Waals surface area contributed by atoms with Crippen LogP contribution in [0.15, 0.2) is 54.9 Å². The normalized spacial score (nSPS) is 11.0. The molecule has 0 bridgehead atoms. The first kappa shape index (κ1) is 18.7. The van der Waals surface area contributed by atoms with Crippen molar-refractivity contribution in [2.45, 2.75) is 19.9 Å². The van der Waals surface area contributed by atoms with Crippen LogP contribution in [0.25, 0.3) is 16.9 Å². The Hall–Kier alpha value is -3.68. The number of aryl methyl sites for hydroxylation is 1. The predicted molar refractivity (Wildman–Crippen MR) is 107 cm³/mol. The second kappa shape index (κ2) is 7.75. The van der Waals surface area contributed by atoms with Gasteiger partial charge in [-0.2, -0.15) is 9.61 Å². The van der Waals surface area contributed by atoms with Crippen molar-refractivity contribution >= 4 is 11.5 Å². The number of aromatic nitrogens is 4. The van der Waals surface area contributed by atoms with E-state index in [0.717, 1.165) is 17.5 Å². The van der Waals surface area contributed by atoms with Gasteiger partial charge < -0.3 is 15.3 Å². The van der Waals surface area contributed by atoms with Crippen LogP contribution in [0.1, 0.15) is 18.1 Å². The zero-order chi connectivity index (χ0) is 20.4. The van der Waals surface area contributed by atoms with E-state index in [1.54, 1.807) is 47.1 Å². The highest BCUT2D eigenvalue weighted by Gasteiger charge is 2.14. The summed E-state index contributed by atoms with van der Waals surface area (Å²) >= 11 is 0. The first-order valence-corrected chi connectivity index (χ1v) is 9.23. The van der Waals surface area contributed by atoms with Gasteiger partial charge >= 0.3 is 5.88 Å². The molecule has 148 valence electrons. The number of nitrogens with zero attached hydrogens (tertiary/aromatic N) is 4. The Labute approximate surface area is 167 Å². The van der Waals surface area contributed by atoms with Crippen LogP contribution in [0.3, 0.4) is 0 Å². The van der Waals surface area contributed by atoms with Gasteiger partial charge in [0.05, 0.1) is 25.1 Å². The topological polar surface area (TPSA) is 78.4 Å². The van der Waals surface area contributed by atoms with Crippen LogP contribution in [0.5, 0.6) is 5.88 Å². The molecule has 0 radical (unpaired) electrons. The van der Waals surface area contributed by atoms with Gasteiger partial charge in [-0.25, -0.2) is 9.37 Å².